The summed E-state index contributed by atoms with van der Waals surface area (Å²) in [6.07, 6.45) is -9.38. The summed E-state index contributed by atoms with van der Waals surface area (Å²) in [6.45, 7) is 0. The summed E-state index contributed by atoms with van der Waals surface area (Å²) in [5, 5.41) is 13.0. The molecule has 0 radical (unpaired) electrons. The topological polar surface area (TPSA) is 55.5 Å². The van der Waals surface area contributed by atoms with Gasteiger partial charge in [-0.25, -0.2) is 4.39 Å². The van der Waals surface area contributed by atoms with Gasteiger partial charge in [0.15, 0.2) is 0 Å². The standard InChI is InChI=1S/C14H12F5NO3/c15-9-3-1-8(2-4-9)11(21)6-5-10-7-12(20-23-10)22-14(18,19)13(16)17/h1-4,7,11,13,21H,5-6H2. The predicted molar refractivity (Wildman–Crippen MR) is 67.8 cm³/mol. The monoisotopic (exact) mass is 337 g/mol. The minimum atomic E-state index is -4.66. The lowest BCUT2D eigenvalue weighted by molar-refractivity contribution is -0.255. The molecule has 1 aromatic heterocycles. The Labute approximate surface area is 127 Å². The minimum Gasteiger partial charge on any atom is -0.407 e. The van der Waals surface area contributed by atoms with Crippen LogP contribution in [0, 0.1) is 5.82 Å². The SMILES string of the molecule is OC(CCc1cc(OC(F)(F)C(F)F)no1)c1ccc(F)cc1. The molecule has 9 heteroatoms. The van der Waals surface area contributed by atoms with E-state index >= 15 is 0 Å². The van der Waals surface area contributed by atoms with Crippen LogP contribution in [0.4, 0.5) is 22.0 Å². The number of halogens is 5. The molecule has 1 N–H and O–H groups in total. The van der Waals surface area contributed by atoms with Crippen LogP contribution in [0.5, 0.6) is 5.88 Å². The summed E-state index contributed by atoms with van der Waals surface area (Å²) in [6, 6.07) is 6.11. The maximum Gasteiger partial charge on any atom is 0.462 e. The van der Waals surface area contributed by atoms with Crippen molar-refractivity contribution >= 4 is 0 Å². The van der Waals surface area contributed by atoms with Gasteiger partial charge < -0.3 is 14.4 Å². The van der Waals surface area contributed by atoms with E-state index < -0.39 is 30.3 Å². The molecule has 0 saturated carbocycles. The van der Waals surface area contributed by atoms with E-state index in [1.165, 1.54) is 24.3 Å². The zero-order valence-corrected chi connectivity index (χ0v) is 11.6. The first kappa shape index (κ1) is 17.2. The van der Waals surface area contributed by atoms with E-state index in [1.807, 2.05) is 0 Å². The Bertz CT molecular complexity index is 630. The summed E-state index contributed by atoms with van der Waals surface area (Å²) in [7, 11) is 0. The molecule has 0 aliphatic heterocycles. The molecule has 1 atom stereocenters. The third kappa shape index (κ3) is 4.65. The van der Waals surface area contributed by atoms with E-state index in [1.54, 1.807) is 0 Å². The molecule has 23 heavy (non-hydrogen) atoms. The average Bonchev–Trinajstić information content (AvgIpc) is 2.92. The van der Waals surface area contributed by atoms with Crippen LogP contribution >= 0.6 is 0 Å². The van der Waals surface area contributed by atoms with Gasteiger partial charge in [0.2, 0.25) is 0 Å². The summed E-state index contributed by atoms with van der Waals surface area (Å²) < 4.78 is 70.5. The molecule has 126 valence electrons. The molecule has 0 bridgehead atoms. The molecular formula is C14H12F5NO3. The molecule has 0 fully saturated rings. The van der Waals surface area contributed by atoms with Gasteiger partial charge in [0, 0.05) is 12.5 Å². The number of alkyl halides is 4. The molecule has 2 aromatic rings. The van der Waals surface area contributed by atoms with Crippen molar-refractivity contribution in [2.45, 2.75) is 31.5 Å². The zero-order valence-electron chi connectivity index (χ0n) is 11.6. The highest BCUT2D eigenvalue weighted by Gasteiger charge is 2.44. The highest BCUT2D eigenvalue weighted by molar-refractivity contribution is 5.19. The normalized spacial score (nSPS) is 13.3. The number of aliphatic hydroxyl groups excluding tert-OH is 1. The van der Waals surface area contributed by atoms with Crippen LogP contribution in [0.15, 0.2) is 34.9 Å². The van der Waals surface area contributed by atoms with Crippen molar-refractivity contribution in [2.24, 2.45) is 0 Å². The van der Waals surface area contributed by atoms with Gasteiger partial charge in [-0.05, 0) is 29.3 Å². The van der Waals surface area contributed by atoms with Crippen molar-refractivity contribution in [3.63, 3.8) is 0 Å². The fourth-order valence-electron chi connectivity index (χ4n) is 1.77. The number of nitrogens with zero attached hydrogens (tertiary/aromatic N) is 1. The molecule has 0 spiro atoms. The summed E-state index contributed by atoms with van der Waals surface area (Å²) in [5.41, 5.74) is 0.464. The Morgan fingerprint density at radius 2 is 1.87 bits per heavy atom. The van der Waals surface area contributed by atoms with E-state index in [9.17, 15) is 27.1 Å². The fourth-order valence-corrected chi connectivity index (χ4v) is 1.77. The van der Waals surface area contributed by atoms with E-state index in [2.05, 4.69) is 14.4 Å². The maximum absolute atomic E-state index is 12.8. The molecule has 0 aliphatic rings. The Hall–Kier alpha value is -2.16. The van der Waals surface area contributed by atoms with Crippen LogP contribution in [0.25, 0.3) is 0 Å². The van der Waals surface area contributed by atoms with E-state index in [-0.39, 0.29) is 18.6 Å². The average molecular weight is 337 g/mol. The number of hydrogen-bond donors (Lipinski definition) is 1. The van der Waals surface area contributed by atoms with E-state index in [0.717, 1.165) is 6.07 Å². The molecule has 2 rings (SSSR count). The highest BCUT2D eigenvalue weighted by Crippen LogP contribution is 2.28. The van der Waals surface area contributed by atoms with Crippen LogP contribution in [0.2, 0.25) is 0 Å². The van der Waals surface area contributed by atoms with Crippen LogP contribution in [-0.2, 0) is 6.42 Å². The Kier molecular flexibility index (Phi) is 5.19. The van der Waals surface area contributed by atoms with Gasteiger partial charge >= 0.3 is 12.5 Å². The van der Waals surface area contributed by atoms with E-state index in [0.29, 0.717) is 5.56 Å². The number of aryl methyl sites for hydroxylation is 1. The Morgan fingerprint density at radius 3 is 2.48 bits per heavy atom. The second-order valence-electron chi connectivity index (χ2n) is 4.70. The van der Waals surface area contributed by atoms with Crippen molar-refractivity contribution in [1.29, 1.82) is 0 Å². The number of aliphatic hydroxyl groups is 1. The van der Waals surface area contributed by atoms with Gasteiger partial charge in [-0.15, -0.1) is 0 Å². The van der Waals surface area contributed by atoms with Crippen LogP contribution in [0.3, 0.4) is 0 Å². The Balaban J connectivity index is 1.90. The predicted octanol–water partition coefficient (Wildman–Crippen LogP) is 3.72. The smallest absolute Gasteiger partial charge is 0.407 e. The fraction of sp³-hybridized carbons (Fsp3) is 0.357. The molecule has 0 saturated heterocycles. The van der Waals surface area contributed by atoms with Gasteiger partial charge in [-0.2, -0.15) is 17.6 Å². The Morgan fingerprint density at radius 1 is 1.22 bits per heavy atom. The number of rotatable bonds is 7. The summed E-state index contributed by atoms with van der Waals surface area (Å²) in [5.74, 6) is -1.15. The summed E-state index contributed by atoms with van der Waals surface area (Å²) in [4.78, 5) is 0. The first-order chi connectivity index (χ1) is 10.8. The largest absolute Gasteiger partial charge is 0.462 e. The first-order valence-corrected chi connectivity index (χ1v) is 6.52. The van der Waals surface area contributed by atoms with Gasteiger partial charge in [0.25, 0.3) is 5.88 Å². The second kappa shape index (κ2) is 6.95. The van der Waals surface area contributed by atoms with Crippen molar-refractivity contribution in [2.75, 3.05) is 0 Å². The highest BCUT2D eigenvalue weighted by atomic mass is 19.3. The molecule has 1 heterocycles. The summed E-state index contributed by atoms with van der Waals surface area (Å²) >= 11 is 0. The van der Waals surface area contributed by atoms with Crippen LogP contribution in [0.1, 0.15) is 23.8 Å². The van der Waals surface area contributed by atoms with Gasteiger partial charge in [-0.1, -0.05) is 12.1 Å². The van der Waals surface area contributed by atoms with Crippen molar-refractivity contribution < 1.29 is 36.3 Å². The number of aromatic nitrogens is 1. The molecule has 1 aromatic carbocycles. The molecule has 1 unspecified atom stereocenters. The number of ether oxygens (including phenoxy) is 1. The lowest BCUT2D eigenvalue weighted by Crippen LogP contribution is -2.33. The van der Waals surface area contributed by atoms with E-state index in [4.69, 9.17) is 0 Å². The number of hydrogen-bond acceptors (Lipinski definition) is 4. The lowest BCUT2D eigenvalue weighted by atomic mass is 10.0. The van der Waals surface area contributed by atoms with Crippen molar-refractivity contribution in [3.8, 4) is 5.88 Å². The lowest BCUT2D eigenvalue weighted by Gasteiger charge is -2.13. The van der Waals surface area contributed by atoms with Gasteiger partial charge in [0.1, 0.15) is 11.6 Å². The number of benzene rings is 1. The van der Waals surface area contributed by atoms with Gasteiger partial charge in [-0.3, -0.25) is 0 Å². The quantitative estimate of drug-likeness (QED) is 0.783. The maximum atomic E-state index is 12.8. The molecular weight excluding hydrogens is 325 g/mol. The molecule has 0 amide bonds. The first-order valence-electron chi connectivity index (χ1n) is 6.52. The third-order valence-electron chi connectivity index (χ3n) is 2.95. The molecule has 0 aliphatic carbocycles. The third-order valence-corrected chi connectivity index (χ3v) is 2.95. The second-order valence-corrected chi connectivity index (χ2v) is 4.70. The van der Waals surface area contributed by atoms with Gasteiger partial charge in [0.05, 0.1) is 6.10 Å². The van der Waals surface area contributed by atoms with Crippen molar-refractivity contribution in [3.05, 3.63) is 47.5 Å². The van der Waals surface area contributed by atoms with Crippen molar-refractivity contribution in [1.82, 2.24) is 5.16 Å². The molecule has 4 nitrogen and oxygen atoms in total. The van der Waals surface area contributed by atoms with Crippen LogP contribution < -0.4 is 4.74 Å². The minimum absolute atomic E-state index is 0.0752. The zero-order chi connectivity index (χ0) is 17.0. The van der Waals surface area contributed by atoms with Crippen LogP contribution in [-0.4, -0.2) is 22.8 Å².